The van der Waals surface area contributed by atoms with Gasteiger partial charge in [-0.2, -0.15) is 4.31 Å². The highest BCUT2D eigenvalue weighted by Crippen LogP contribution is 2.31. The fraction of sp³-hybridized carbons (Fsp3) is 0.357. The maximum atomic E-state index is 13.8. The molecule has 2 aromatic carbocycles. The fourth-order valence-corrected chi connectivity index (χ4v) is 6.78. The van der Waals surface area contributed by atoms with Gasteiger partial charge in [0.25, 0.3) is 0 Å². The number of aromatic nitrogens is 3. The summed E-state index contributed by atoms with van der Waals surface area (Å²) in [6, 6.07) is 14.9. The Kier molecular flexibility index (Phi) is 7.43. The van der Waals surface area contributed by atoms with E-state index in [0.29, 0.717) is 35.9 Å². The molecular formula is C28H32N4O4S. The van der Waals surface area contributed by atoms with Crippen LogP contribution in [0.1, 0.15) is 36.8 Å². The van der Waals surface area contributed by atoms with Crippen LogP contribution in [-0.4, -0.2) is 54.1 Å². The Labute approximate surface area is 217 Å². The van der Waals surface area contributed by atoms with Gasteiger partial charge in [0.1, 0.15) is 0 Å². The van der Waals surface area contributed by atoms with Crippen LogP contribution in [-0.2, 0) is 23.0 Å². The fourth-order valence-electron chi connectivity index (χ4n) is 5.09. The van der Waals surface area contributed by atoms with Gasteiger partial charge in [0.05, 0.1) is 42.7 Å². The lowest BCUT2D eigenvalue weighted by Gasteiger charge is -2.28. The largest absolute Gasteiger partial charge is 0.493 e. The van der Waals surface area contributed by atoms with Gasteiger partial charge in [0.2, 0.25) is 10.0 Å². The Morgan fingerprint density at radius 2 is 1.70 bits per heavy atom. The second-order valence-electron chi connectivity index (χ2n) is 9.37. The highest BCUT2D eigenvalue weighted by Gasteiger charge is 2.33. The summed E-state index contributed by atoms with van der Waals surface area (Å²) in [7, 11) is -0.441. The maximum Gasteiger partial charge on any atom is 0.243 e. The van der Waals surface area contributed by atoms with E-state index in [1.807, 2.05) is 41.0 Å². The van der Waals surface area contributed by atoms with Crippen molar-refractivity contribution < 1.29 is 17.9 Å². The molecule has 0 bridgehead atoms. The average Bonchev–Trinajstić information content (AvgIpc) is 3.60. The number of pyridine rings is 1. The monoisotopic (exact) mass is 520 g/mol. The quantitative estimate of drug-likeness (QED) is 0.302. The van der Waals surface area contributed by atoms with Crippen LogP contribution in [0.3, 0.4) is 0 Å². The van der Waals surface area contributed by atoms with E-state index in [2.05, 4.69) is 9.97 Å². The van der Waals surface area contributed by atoms with Crippen molar-refractivity contribution >= 4 is 21.1 Å². The smallest absolute Gasteiger partial charge is 0.243 e. The number of ether oxygens (including phenoxy) is 2. The highest BCUT2D eigenvalue weighted by molar-refractivity contribution is 7.89. The minimum absolute atomic E-state index is 0.0228. The Morgan fingerprint density at radius 1 is 0.973 bits per heavy atom. The average molecular weight is 521 g/mol. The van der Waals surface area contributed by atoms with Gasteiger partial charge >= 0.3 is 0 Å². The molecule has 1 aliphatic carbocycles. The summed E-state index contributed by atoms with van der Waals surface area (Å²) in [5.74, 6) is 1.30. The summed E-state index contributed by atoms with van der Waals surface area (Å²) < 4.78 is 42.1. The van der Waals surface area contributed by atoms with Gasteiger partial charge in [-0.05, 0) is 60.7 Å². The van der Waals surface area contributed by atoms with Gasteiger partial charge < -0.3 is 14.0 Å². The molecule has 0 aliphatic heterocycles. The third-order valence-electron chi connectivity index (χ3n) is 7.11. The van der Waals surface area contributed by atoms with E-state index in [-0.39, 0.29) is 6.04 Å². The van der Waals surface area contributed by atoms with Crippen molar-refractivity contribution in [2.45, 2.75) is 49.6 Å². The molecule has 4 aromatic rings. The number of nitrogens with zero attached hydrogens (tertiary/aromatic N) is 4. The van der Waals surface area contributed by atoms with Crippen LogP contribution >= 0.6 is 0 Å². The third-order valence-corrected chi connectivity index (χ3v) is 9.07. The normalized spacial score (nSPS) is 14.5. The van der Waals surface area contributed by atoms with Crippen molar-refractivity contribution in [1.82, 2.24) is 18.8 Å². The van der Waals surface area contributed by atoms with Crippen LogP contribution in [0.25, 0.3) is 11.0 Å². The number of sulfonamides is 1. The molecule has 0 N–H and O–H groups in total. The molecule has 194 valence electrons. The first-order valence-corrected chi connectivity index (χ1v) is 14.0. The van der Waals surface area contributed by atoms with Crippen molar-refractivity contribution in [1.29, 1.82) is 0 Å². The number of methoxy groups -OCH3 is 2. The number of hydrogen-bond acceptors (Lipinski definition) is 6. The molecule has 8 nitrogen and oxygen atoms in total. The Morgan fingerprint density at radius 3 is 2.43 bits per heavy atom. The zero-order valence-corrected chi connectivity index (χ0v) is 22.0. The molecule has 0 radical (unpaired) electrons. The highest BCUT2D eigenvalue weighted by atomic mass is 32.2. The summed E-state index contributed by atoms with van der Waals surface area (Å²) in [6.07, 6.45) is 9.79. The minimum atomic E-state index is -3.65. The Hall–Kier alpha value is -3.43. The minimum Gasteiger partial charge on any atom is -0.493 e. The molecule has 5 rings (SSSR count). The molecule has 1 saturated carbocycles. The molecular weight excluding hydrogens is 488 g/mol. The number of imidazole rings is 1. The Balaban J connectivity index is 1.35. The molecule has 0 unspecified atom stereocenters. The van der Waals surface area contributed by atoms with Crippen LogP contribution in [0.15, 0.2) is 72.1 Å². The van der Waals surface area contributed by atoms with Crippen LogP contribution in [0, 0.1) is 0 Å². The molecule has 0 atom stereocenters. The van der Waals surface area contributed by atoms with Crippen molar-refractivity contribution in [2.75, 3.05) is 20.8 Å². The molecule has 1 fully saturated rings. The van der Waals surface area contributed by atoms with Crippen molar-refractivity contribution in [3.63, 3.8) is 0 Å². The molecule has 0 saturated heterocycles. The summed E-state index contributed by atoms with van der Waals surface area (Å²) in [6.45, 7) is 1.01. The van der Waals surface area contributed by atoms with E-state index in [0.717, 1.165) is 47.8 Å². The van der Waals surface area contributed by atoms with Gasteiger partial charge in [-0.3, -0.25) is 4.98 Å². The third kappa shape index (κ3) is 5.33. The topological polar surface area (TPSA) is 86.6 Å². The molecule has 2 aromatic heterocycles. The summed E-state index contributed by atoms with van der Waals surface area (Å²) in [4.78, 5) is 8.93. The first kappa shape index (κ1) is 25.2. The second kappa shape index (κ2) is 10.9. The van der Waals surface area contributed by atoms with Crippen molar-refractivity contribution in [2.24, 2.45) is 0 Å². The number of benzene rings is 2. The lowest BCUT2D eigenvalue weighted by molar-refractivity contribution is 0.324. The molecule has 0 spiro atoms. The van der Waals surface area contributed by atoms with E-state index in [1.165, 1.54) is 0 Å². The molecule has 1 aliphatic rings. The summed E-state index contributed by atoms with van der Waals surface area (Å²) >= 11 is 0. The maximum absolute atomic E-state index is 13.8. The lowest BCUT2D eigenvalue weighted by atomic mass is 10.1. The van der Waals surface area contributed by atoms with Crippen molar-refractivity contribution in [3.8, 4) is 11.5 Å². The predicted octanol–water partition coefficient (Wildman–Crippen LogP) is 4.67. The van der Waals surface area contributed by atoms with E-state index >= 15 is 0 Å². The van der Waals surface area contributed by atoms with E-state index < -0.39 is 10.0 Å². The van der Waals surface area contributed by atoms with Crippen LogP contribution < -0.4 is 9.47 Å². The number of fused-ring (bicyclic) bond motifs is 1. The molecule has 0 amide bonds. The van der Waals surface area contributed by atoms with Gasteiger partial charge in [-0.1, -0.05) is 31.0 Å². The zero-order valence-electron chi connectivity index (χ0n) is 21.2. The predicted molar refractivity (Wildman–Crippen MR) is 142 cm³/mol. The van der Waals surface area contributed by atoms with Gasteiger partial charge in [-0.25, -0.2) is 13.4 Å². The van der Waals surface area contributed by atoms with E-state index in [1.54, 1.807) is 49.4 Å². The van der Waals surface area contributed by atoms with Gasteiger partial charge in [-0.15, -0.1) is 0 Å². The second-order valence-corrected chi connectivity index (χ2v) is 11.3. The van der Waals surface area contributed by atoms with E-state index in [9.17, 15) is 8.42 Å². The van der Waals surface area contributed by atoms with Gasteiger partial charge in [0, 0.05) is 25.3 Å². The summed E-state index contributed by atoms with van der Waals surface area (Å²) in [5.41, 5.74) is 3.84. The Bertz CT molecular complexity index is 1460. The first-order chi connectivity index (χ1) is 18.0. The molecule has 37 heavy (non-hydrogen) atoms. The number of hydrogen-bond donors (Lipinski definition) is 0. The molecule has 2 heterocycles. The van der Waals surface area contributed by atoms with Crippen molar-refractivity contribution in [3.05, 3.63) is 78.4 Å². The van der Waals surface area contributed by atoms with Crippen LogP contribution in [0.4, 0.5) is 0 Å². The summed E-state index contributed by atoms with van der Waals surface area (Å²) in [5, 5.41) is 0. The van der Waals surface area contributed by atoms with Crippen LogP contribution in [0.5, 0.6) is 11.5 Å². The lowest BCUT2D eigenvalue weighted by Crippen LogP contribution is -2.40. The van der Waals surface area contributed by atoms with Crippen LogP contribution in [0.2, 0.25) is 0 Å². The molecule has 9 heteroatoms. The van der Waals surface area contributed by atoms with E-state index in [4.69, 9.17) is 9.47 Å². The standard InChI is InChI=1S/C28H32N4O4S/c1-35-27-12-9-21(17-28(27)36-2)14-16-32(23-5-3-4-6-23)37(33,34)24-10-7-22(8-11-24)19-31-20-30-25-13-15-29-18-26(25)31/h7-13,15,17-18,20,23H,3-6,14,16,19H2,1-2H3. The zero-order chi connectivity index (χ0) is 25.8. The number of rotatable bonds is 10. The first-order valence-electron chi connectivity index (χ1n) is 12.6. The van der Waals surface area contributed by atoms with Gasteiger partial charge in [0.15, 0.2) is 11.5 Å². The SMILES string of the molecule is COc1ccc(CCN(C2CCCC2)S(=O)(=O)c2ccc(Cn3cnc4ccncc43)cc2)cc1OC.